The summed E-state index contributed by atoms with van der Waals surface area (Å²) in [6.07, 6.45) is 0.876. The fourth-order valence-electron chi connectivity index (χ4n) is 3.76. The van der Waals surface area contributed by atoms with Gasteiger partial charge in [0.1, 0.15) is 5.52 Å². The fourth-order valence-corrected chi connectivity index (χ4v) is 4.29. The number of hydrogen-bond donors (Lipinski definition) is 2. The molecule has 4 rings (SSSR count). The van der Waals surface area contributed by atoms with Crippen molar-refractivity contribution in [1.82, 2.24) is 9.88 Å². The third-order valence-corrected chi connectivity index (χ3v) is 5.32. The Morgan fingerprint density at radius 3 is 2.60 bits per heavy atom. The molecule has 2 unspecified atom stereocenters. The number of aromatic nitrogens is 1. The van der Waals surface area contributed by atoms with Crippen LogP contribution in [0.4, 0.5) is 16.5 Å². The third kappa shape index (κ3) is 2.82. The minimum atomic E-state index is -0.854. The van der Waals surface area contributed by atoms with Crippen molar-refractivity contribution in [3.63, 3.8) is 0 Å². The maximum absolute atomic E-state index is 11.4. The Kier molecular flexibility index (Phi) is 3.82. The molecule has 1 aromatic heterocycles. The van der Waals surface area contributed by atoms with Gasteiger partial charge in [0.2, 0.25) is 5.91 Å². The molecule has 0 spiro atoms. The zero-order chi connectivity index (χ0) is 17.7. The van der Waals surface area contributed by atoms with E-state index >= 15 is 0 Å². The number of carbonyl (C=O) groups excluding carboxylic acids is 1. The molecule has 8 nitrogen and oxygen atoms in total. The molecular weight excluding hydrogens is 392 g/mol. The van der Waals surface area contributed by atoms with Crippen molar-refractivity contribution in [2.45, 2.75) is 31.8 Å². The van der Waals surface area contributed by atoms with Crippen molar-refractivity contribution >= 4 is 50.7 Å². The van der Waals surface area contributed by atoms with Gasteiger partial charge in [-0.05, 0) is 40.9 Å². The lowest BCUT2D eigenvalue weighted by Crippen LogP contribution is -2.55. The largest absolute Gasteiger partial charge is 0.465 e. The van der Waals surface area contributed by atoms with Crippen LogP contribution in [0.1, 0.15) is 19.8 Å². The van der Waals surface area contributed by atoms with Gasteiger partial charge in [-0.1, -0.05) is 0 Å². The predicted octanol–water partition coefficient (Wildman–Crippen LogP) is 2.88. The van der Waals surface area contributed by atoms with Gasteiger partial charge in [-0.2, -0.15) is 4.98 Å². The summed E-state index contributed by atoms with van der Waals surface area (Å²) in [5, 5.41) is 12.1. The van der Waals surface area contributed by atoms with E-state index < -0.39 is 6.09 Å². The van der Waals surface area contributed by atoms with E-state index in [1.807, 2.05) is 4.90 Å². The number of benzene rings is 1. The van der Waals surface area contributed by atoms with Crippen LogP contribution in [-0.2, 0) is 4.79 Å². The highest BCUT2D eigenvalue weighted by Gasteiger charge is 2.43. The number of halogens is 1. The molecule has 0 saturated carbocycles. The number of anilines is 2. The van der Waals surface area contributed by atoms with Gasteiger partial charge in [0.05, 0.1) is 16.6 Å². The second-order valence-corrected chi connectivity index (χ2v) is 7.32. The number of hydrogen-bond acceptors (Lipinski definition) is 5. The van der Waals surface area contributed by atoms with E-state index in [1.165, 1.54) is 6.92 Å². The summed E-state index contributed by atoms with van der Waals surface area (Å²) in [7, 11) is 0. The van der Waals surface area contributed by atoms with Crippen molar-refractivity contribution in [2.75, 3.05) is 23.3 Å². The molecule has 2 atom stereocenters. The molecule has 2 aliphatic heterocycles. The molecule has 2 N–H and O–H groups in total. The Hall–Kier alpha value is -2.29. The summed E-state index contributed by atoms with van der Waals surface area (Å²) in [5.41, 5.74) is 1.89. The Balaban J connectivity index is 1.63. The molecule has 132 valence electrons. The molecule has 2 aliphatic rings. The van der Waals surface area contributed by atoms with E-state index in [2.05, 4.69) is 26.2 Å². The normalized spacial score (nSPS) is 22.5. The van der Waals surface area contributed by atoms with Crippen LogP contribution in [0.2, 0.25) is 0 Å². The van der Waals surface area contributed by atoms with E-state index in [9.17, 15) is 14.7 Å². The SMILES string of the molecule is CC(=O)Nc1cc(Br)c2oc(N3CC4CCC(C3)N4C(=O)O)nc2c1. The maximum Gasteiger partial charge on any atom is 0.407 e. The number of amides is 2. The second kappa shape index (κ2) is 5.91. The van der Waals surface area contributed by atoms with Crippen molar-refractivity contribution in [3.05, 3.63) is 16.6 Å². The van der Waals surface area contributed by atoms with E-state index in [0.717, 1.165) is 12.8 Å². The molecule has 0 aliphatic carbocycles. The van der Waals surface area contributed by atoms with Gasteiger partial charge in [0, 0.05) is 25.7 Å². The zero-order valence-corrected chi connectivity index (χ0v) is 15.1. The highest BCUT2D eigenvalue weighted by atomic mass is 79.9. The molecule has 3 heterocycles. The molecule has 2 aromatic rings. The van der Waals surface area contributed by atoms with Crippen LogP contribution in [0.3, 0.4) is 0 Å². The summed E-state index contributed by atoms with van der Waals surface area (Å²) < 4.78 is 6.62. The third-order valence-electron chi connectivity index (χ3n) is 4.73. The molecular formula is C16H17BrN4O4. The summed E-state index contributed by atoms with van der Waals surface area (Å²) >= 11 is 3.45. The van der Waals surface area contributed by atoms with Gasteiger partial charge in [0.15, 0.2) is 5.58 Å². The standard InChI is InChI=1S/C16H17BrN4O4/c1-8(22)18-9-4-12(17)14-13(5-9)19-15(25-14)20-6-10-2-3-11(7-20)21(10)16(23)24/h4-5,10-11H,2-3,6-7H2,1H3,(H,18,22)(H,23,24). The van der Waals surface area contributed by atoms with Crippen LogP contribution in [0.5, 0.6) is 0 Å². The monoisotopic (exact) mass is 408 g/mol. The molecule has 2 fully saturated rings. The number of carboxylic acid groups (broad SMARTS) is 1. The average Bonchev–Trinajstić information content (AvgIpc) is 3.06. The van der Waals surface area contributed by atoms with Crippen LogP contribution in [-0.4, -0.2) is 52.2 Å². The van der Waals surface area contributed by atoms with Crippen molar-refractivity contribution in [3.8, 4) is 0 Å². The van der Waals surface area contributed by atoms with Crippen LogP contribution in [0.25, 0.3) is 11.1 Å². The minimum absolute atomic E-state index is 0.0235. The van der Waals surface area contributed by atoms with Crippen LogP contribution >= 0.6 is 15.9 Å². The van der Waals surface area contributed by atoms with Crippen molar-refractivity contribution in [1.29, 1.82) is 0 Å². The van der Waals surface area contributed by atoms with E-state index in [4.69, 9.17) is 4.42 Å². The van der Waals surface area contributed by atoms with Gasteiger partial charge in [-0.3, -0.25) is 9.69 Å². The van der Waals surface area contributed by atoms with Gasteiger partial charge < -0.3 is 19.7 Å². The van der Waals surface area contributed by atoms with Gasteiger partial charge in [-0.25, -0.2) is 4.79 Å². The zero-order valence-electron chi connectivity index (χ0n) is 13.5. The fraction of sp³-hybridized carbons (Fsp3) is 0.438. The van der Waals surface area contributed by atoms with E-state index in [0.29, 0.717) is 40.4 Å². The molecule has 2 bridgehead atoms. The topological polar surface area (TPSA) is 98.9 Å². The molecule has 0 radical (unpaired) electrons. The lowest BCUT2D eigenvalue weighted by molar-refractivity contribution is -0.114. The van der Waals surface area contributed by atoms with E-state index in [-0.39, 0.29) is 18.0 Å². The van der Waals surface area contributed by atoms with Crippen LogP contribution in [0, 0.1) is 0 Å². The number of fused-ring (bicyclic) bond motifs is 3. The van der Waals surface area contributed by atoms with Gasteiger partial charge in [0.25, 0.3) is 6.01 Å². The number of nitrogens with one attached hydrogen (secondary N) is 1. The highest BCUT2D eigenvalue weighted by Crippen LogP contribution is 2.36. The van der Waals surface area contributed by atoms with Crippen molar-refractivity contribution in [2.24, 2.45) is 0 Å². The molecule has 2 saturated heterocycles. The molecule has 9 heteroatoms. The smallest absolute Gasteiger partial charge is 0.407 e. The Morgan fingerprint density at radius 2 is 2.00 bits per heavy atom. The first-order valence-electron chi connectivity index (χ1n) is 8.06. The first-order chi connectivity index (χ1) is 11.9. The van der Waals surface area contributed by atoms with E-state index in [1.54, 1.807) is 17.0 Å². The maximum atomic E-state index is 11.4. The van der Waals surface area contributed by atoms with Gasteiger partial charge in [-0.15, -0.1) is 0 Å². The van der Waals surface area contributed by atoms with Crippen molar-refractivity contribution < 1.29 is 19.1 Å². The Bertz CT molecular complexity index is 853. The summed E-state index contributed by atoms with van der Waals surface area (Å²) in [6, 6.07) is 3.97. The minimum Gasteiger partial charge on any atom is -0.465 e. The van der Waals surface area contributed by atoms with Crippen LogP contribution < -0.4 is 10.2 Å². The predicted molar refractivity (Wildman–Crippen MR) is 94.9 cm³/mol. The Labute approximate surface area is 151 Å². The number of nitrogens with zero attached hydrogens (tertiary/aromatic N) is 3. The first-order valence-corrected chi connectivity index (χ1v) is 8.85. The Morgan fingerprint density at radius 1 is 1.32 bits per heavy atom. The molecule has 1 aromatic carbocycles. The number of piperazine rings is 1. The lowest BCUT2D eigenvalue weighted by atomic mass is 10.2. The first kappa shape index (κ1) is 16.2. The number of oxazole rings is 1. The average molecular weight is 409 g/mol. The summed E-state index contributed by atoms with van der Waals surface area (Å²) in [5.74, 6) is -0.156. The summed E-state index contributed by atoms with van der Waals surface area (Å²) in [4.78, 5) is 30.8. The lowest BCUT2D eigenvalue weighted by Gasteiger charge is -2.38. The molecule has 2 amide bonds. The quantitative estimate of drug-likeness (QED) is 0.792. The van der Waals surface area contributed by atoms with Gasteiger partial charge >= 0.3 is 6.09 Å². The second-order valence-electron chi connectivity index (χ2n) is 6.46. The number of carbonyl (C=O) groups is 2. The number of rotatable bonds is 2. The molecule has 25 heavy (non-hydrogen) atoms. The summed E-state index contributed by atoms with van der Waals surface area (Å²) in [6.45, 7) is 2.60. The van der Waals surface area contributed by atoms with Crippen LogP contribution in [0.15, 0.2) is 21.0 Å². The highest BCUT2D eigenvalue weighted by molar-refractivity contribution is 9.10.